The van der Waals surface area contributed by atoms with E-state index >= 15 is 0 Å². The number of aryl methyl sites for hydroxylation is 1. The highest BCUT2D eigenvalue weighted by Gasteiger charge is 2.51. The minimum absolute atomic E-state index is 0.0834. The first kappa shape index (κ1) is 13.0. The van der Waals surface area contributed by atoms with Crippen LogP contribution in [0.4, 0.5) is 0 Å². The number of nitrogens with zero attached hydrogens (tertiary/aromatic N) is 1. The highest BCUT2D eigenvalue weighted by atomic mass is 32.1. The number of nitrogens with one attached hydrogen (secondary N) is 1. The molecular weight excluding hydrogens is 228 g/mol. The molecule has 2 nitrogen and oxygen atoms in total. The smallest absolute Gasteiger partial charge is 0.114 e. The minimum atomic E-state index is 0.0834. The van der Waals surface area contributed by atoms with Crippen molar-refractivity contribution in [1.82, 2.24) is 10.3 Å². The summed E-state index contributed by atoms with van der Waals surface area (Å²) in [6.07, 6.45) is 3.79. The quantitative estimate of drug-likeness (QED) is 0.883. The van der Waals surface area contributed by atoms with Gasteiger partial charge in [-0.1, -0.05) is 20.3 Å². The maximum atomic E-state index is 4.77. The fourth-order valence-electron chi connectivity index (χ4n) is 3.12. The molecule has 0 saturated heterocycles. The van der Waals surface area contributed by atoms with Crippen LogP contribution in [0.5, 0.6) is 0 Å². The molecule has 0 bridgehead atoms. The van der Waals surface area contributed by atoms with E-state index in [9.17, 15) is 0 Å². The Labute approximate surface area is 109 Å². The molecule has 1 N–H and O–H groups in total. The van der Waals surface area contributed by atoms with Gasteiger partial charge in [-0.15, -0.1) is 11.3 Å². The average molecular weight is 252 g/mol. The molecule has 1 saturated carbocycles. The third-order valence-electron chi connectivity index (χ3n) is 4.03. The van der Waals surface area contributed by atoms with Gasteiger partial charge >= 0.3 is 0 Å². The van der Waals surface area contributed by atoms with Crippen LogP contribution in [-0.4, -0.2) is 11.0 Å². The third-order valence-corrected chi connectivity index (χ3v) is 5.15. The zero-order chi connectivity index (χ0) is 12.7. The molecule has 0 amide bonds. The number of thiazole rings is 1. The topological polar surface area (TPSA) is 24.9 Å². The average Bonchev–Trinajstić information content (AvgIpc) is 2.72. The molecule has 17 heavy (non-hydrogen) atoms. The van der Waals surface area contributed by atoms with Crippen molar-refractivity contribution < 1.29 is 0 Å². The van der Waals surface area contributed by atoms with Crippen molar-refractivity contribution in [3.63, 3.8) is 0 Å². The summed E-state index contributed by atoms with van der Waals surface area (Å²) >= 11 is 1.82. The highest BCUT2D eigenvalue weighted by molar-refractivity contribution is 7.09. The third kappa shape index (κ3) is 2.15. The Bertz CT molecular complexity index is 395. The number of hydrogen-bond acceptors (Lipinski definition) is 3. The number of hydrogen-bond donors (Lipinski definition) is 1. The summed E-state index contributed by atoms with van der Waals surface area (Å²) in [6, 6.07) is 0.497. The van der Waals surface area contributed by atoms with E-state index in [1.807, 2.05) is 11.3 Å². The van der Waals surface area contributed by atoms with E-state index in [0.29, 0.717) is 11.5 Å². The lowest BCUT2D eigenvalue weighted by molar-refractivity contribution is 0.143. The van der Waals surface area contributed by atoms with Gasteiger partial charge in [0, 0.05) is 17.1 Å². The van der Waals surface area contributed by atoms with E-state index in [1.165, 1.54) is 24.3 Å². The van der Waals surface area contributed by atoms with E-state index < -0.39 is 0 Å². The molecule has 1 aliphatic rings. The van der Waals surface area contributed by atoms with Crippen LogP contribution in [0, 0.1) is 12.3 Å². The van der Waals surface area contributed by atoms with Crippen LogP contribution in [-0.2, 0) is 5.54 Å². The van der Waals surface area contributed by atoms with Crippen molar-refractivity contribution in [2.24, 2.45) is 5.41 Å². The molecular formula is C14H24N2S. The SMILES string of the molecule is Cc1csc(C2(NC(C)C)CCCC2(C)C)n1. The molecule has 0 radical (unpaired) electrons. The Hall–Kier alpha value is -0.410. The summed E-state index contributed by atoms with van der Waals surface area (Å²) in [5.41, 5.74) is 1.53. The molecule has 0 aromatic carbocycles. The van der Waals surface area contributed by atoms with Gasteiger partial charge in [0.1, 0.15) is 5.01 Å². The maximum Gasteiger partial charge on any atom is 0.114 e. The lowest BCUT2D eigenvalue weighted by atomic mass is 9.75. The second-order valence-corrected chi connectivity index (χ2v) is 7.09. The van der Waals surface area contributed by atoms with Gasteiger partial charge < -0.3 is 5.32 Å². The van der Waals surface area contributed by atoms with E-state index in [2.05, 4.69) is 45.3 Å². The Morgan fingerprint density at radius 1 is 1.35 bits per heavy atom. The summed E-state index contributed by atoms with van der Waals surface area (Å²) < 4.78 is 0. The largest absolute Gasteiger partial charge is 0.303 e. The molecule has 0 spiro atoms. The van der Waals surface area contributed by atoms with E-state index in [-0.39, 0.29) is 5.54 Å². The van der Waals surface area contributed by atoms with Gasteiger partial charge in [-0.2, -0.15) is 0 Å². The zero-order valence-electron chi connectivity index (χ0n) is 11.6. The highest BCUT2D eigenvalue weighted by Crippen LogP contribution is 2.53. The molecule has 1 aromatic rings. The lowest BCUT2D eigenvalue weighted by Gasteiger charge is -2.42. The fourth-order valence-corrected chi connectivity index (χ4v) is 4.29. The van der Waals surface area contributed by atoms with E-state index in [1.54, 1.807) is 0 Å². The summed E-state index contributed by atoms with van der Waals surface area (Å²) in [4.78, 5) is 4.77. The van der Waals surface area contributed by atoms with Crippen molar-refractivity contribution in [3.8, 4) is 0 Å². The van der Waals surface area contributed by atoms with Crippen molar-refractivity contribution in [1.29, 1.82) is 0 Å². The summed E-state index contributed by atoms with van der Waals surface area (Å²) in [5.74, 6) is 0. The van der Waals surface area contributed by atoms with E-state index in [0.717, 1.165) is 5.69 Å². The van der Waals surface area contributed by atoms with Gasteiger partial charge in [0.2, 0.25) is 0 Å². The Morgan fingerprint density at radius 2 is 2.06 bits per heavy atom. The predicted octanol–water partition coefficient (Wildman–Crippen LogP) is 3.85. The Kier molecular flexibility index (Phi) is 3.34. The summed E-state index contributed by atoms with van der Waals surface area (Å²) in [6.45, 7) is 11.3. The van der Waals surface area contributed by atoms with Gasteiger partial charge in [-0.3, -0.25) is 0 Å². The van der Waals surface area contributed by atoms with Crippen LogP contribution in [0.25, 0.3) is 0 Å². The molecule has 3 heteroatoms. The van der Waals surface area contributed by atoms with Crippen LogP contribution in [0.3, 0.4) is 0 Å². The Balaban J connectivity index is 2.44. The Morgan fingerprint density at radius 3 is 2.47 bits per heavy atom. The fraction of sp³-hybridized carbons (Fsp3) is 0.786. The zero-order valence-corrected chi connectivity index (χ0v) is 12.4. The molecule has 1 aromatic heterocycles. The van der Waals surface area contributed by atoms with Crippen LogP contribution < -0.4 is 5.32 Å². The van der Waals surface area contributed by atoms with Crippen LogP contribution in [0.1, 0.15) is 57.7 Å². The lowest BCUT2D eigenvalue weighted by Crippen LogP contribution is -2.52. The minimum Gasteiger partial charge on any atom is -0.303 e. The second-order valence-electron chi connectivity index (χ2n) is 6.24. The molecule has 96 valence electrons. The first-order valence-corrected chi connectivity index (χ1v) is 7.46. The van der Waals surface area contributed by atoms with E-state index in [4.69, 9.17) is 4.98 Å². The molecule has 1 atom stereocenters. The van der Waals surface area contributed by atoms with Gasteiger partial charge in [0.15, 0.2) is 0 Å². The summed E-state index contributed by atoms with van der Waals surface area (Å²) in [7, 11) is 0. The molecule has 1 fully saturated rings. The van der Waals surface area contributed by atoms with Gasteiger partial charge in [0.25, 0.3) is 0 Å². The first-order chi connectivity index (χ1) is 7.87. The number of rotatable bonds is 3. The van der Waals surface area contributed by atoms with Crippen molar-refractivity contribution in [3.05, 3.63) is 16.1 Å². The molecule has 1 unspecified atom stereocenters. The number of aromatic nitrogens is 1. The molecule has 1 aliphatic carbocycles. The van der Waals surface area contributed by atoms with Crippen LogP contribution in [0.15, 0.2) is 5.38 Å². The normalized spacial score (nSPS) is 27.9. The second kappa shape index (κ2) is 4.36. The molecule has 0 aliphatic heterocycles. The molecule has 1 heterocycles. The van der Waals surface area contributed by atoms with Crippen molar-refractivity contribution >= 4 is 11.3 Å². The van der Waals surface area contributed by atoms with Gasteiger partial charge in [-0.05, 0) is 39.0 Å². The maximum absolute atomic E-state index is 4.77. The van der Waals surface area contributed by atoms with Crippen LogP contribution in [0.2, 0.25) is 0 Å². The van der Waals surface area contributed by atoms with Crippen molar-refractivity contribution in [2.75, 3.05) is 0 Å². The molecule has 2 rings (SSSR count). The van der Waals surface area contributed by atoms with Gasteiger partial charge in [-0.25, -0.2) is 4.98 Å². The standard InChI is InChI=1S/C14H24N2S/c1-10(2)16-14(8-6-7-13(14,4)5)12-15-11(3)9-17-12/h9-10,16H,6-8H2,1-5H3. The first-order valence-electron chi connectivity index (χ1n) is 6.58. The van der Waals surface area contributed by atoms with Gasteiger partial charge in [0.05, 0.1) is 5.54 Å². The van der Waals surface area contributed by atoms with Crippen LogP contribution >= 0.6 is 11.3 Å². The van der Waals surface area contributed by atoms with Crippen molar-refractivity contribution in [2.45, 2.75) is 65.5 Å². The monoisotopic (exact) mass is 252 g/mol. The summed E-state index contributed by atoms with van der Waals surface area (Å²) in [5, 5.41) is 7.28. The predicted molar refractivity (Wildman–Crippen MR) is 74.4 cm³/mol.